The third-order valence-electron chi connectivity index (χ3n) is 3.22. The number of hydrogen-bond acceptors (Lipinski definition) is 6. The van der Waals surface area contributed by atoms with Crippen LogP contribution in [0.2, 0.25) is 5.02 Å². The molecule has 8 nitrogen and oxygen atoms in total. The standard InChI is InChI=1S/C14H16ClN3O5S/c1-18(2)24(21,22)8-7-16-13-11(14(19)20)12(23-17-13)9-3-5-10(15)6-4-9/h3-6H,7-8H2,1-2H3,(H,16,17)(H,19,20). The summed E-state index contributed by atoms with van der Waals surface area (Å²) in [5.41, 5.74) is 0.331. The molecule has 0 aliphatic carbocycles. The Labute approximate surface area is 144 Å². The van der Waals surface area contributed by atoms with Crippen LogP contribution in [-0.2, 0) is 10.0 Å². The van der Waals surface area contributed by atoms with Crippen molar-refractivity contribution < 1.29 is 22.8 Å². The highest BCUT2D eigenvalue weighted by Crippen LogP contribution is 2.30. The number of rotatable bonds is 7. The highest BCUT2D eigenvalue weighted by atomic mass is 35.5. The smallest absolute Gasteiger partial charge is 0.343 e. The fourth-order valence-electron chi connectivity index (χ4n) is 1.89. The summed E-state index contributed by atoms with van der Waals surface area (Å²) in [5, 5.41) is 16.3. The number of anilines is 1. The molecule has 0 bridgehead atoms. The quantitative estimate of drug-likeness (QED) is 0.763. The first kappa shape index (κ1) is 18.2. The van der Waals surface area contributed by atoms with E-state index in [1.807, 2.05) is 0 Å². The van der Waals surface area contributed by atoms with Crippen LogP contribution in [0.5, 0.6) is 0 Å². The molecule has 0 spiro atoms. The van der Waals surface area contributed by atoms with Crippen LogP contribution in [0.15, 0.2) is 28.8 Å². The average molecular weight is 374 g/mol. The molecule has 10 heteroatoms. The van der Waals surface area contributed by atoms with Gasteiger partial charge in [0.1, 0.15) is 0 Å². The molecule has 2 N–H and O–H groups in total. The van der Waals surface area contributed by atoms with E-state index in [1.165, 1.54) is 14.1 Å². The highest BCUT2D eigenvalue weighted by molar-refractivity contribution is 7.89. The van der Waals surface area contributed by atoms with Crippen molar-refractivity contribution in [1.82, 2.24) is 9.46 Å². The fraction of sp³-hybridized carbons (Fsp3) is 0.286. The lowest BCUT2D eigenvalue weighted by Gasteiger charge is -2.11. The summed E-state index contributed by atoms with van der Waals surface area (Å²) < 4.78 is 29.6. The molecule has 0 atom stereocenters. The molecule has 130 valence electrons. The lowest BCUT2D eigenvalue weighted by molar-refractivity contribution is 0.0698. The summed E-state index contributed by atoms with van der Waals surface area (Å²) in [6, 6.07) is 6.41. The van der Waals surface area contributed by atoms with E-state index in [2.05, 4.69) is 10.5 Å². The van der Waals surface area contributed by atoms with E-state index in [4.69, 9.17) is 16.1 Å². The van der Waals surface area contributed by atoms with E-state index in [1.54, 1.807) is 24.3 Å². The Morgan fingerprint density at radius 3 is 2.50 bits per heavy atom. The first-order chi connectivity index (χ1) is 11.2. The van der Waals surface area contributed by atoms with E-state index >= 15 is 0 Å². The summed E-state index contributed by atoms with van der Waals surface area (Å²) in [6.45, 7) is -0.00656. The van der Waals surface area contributed by atoms with Crippen LogP contribution in [-0.4, -0.2) is 55.3 Å². The number of hydrogen-bond donors (Lipinski definition) is 2. The van der Waals surface area contributed by atoms with E-state index in [0.717, 1.165) is 4.31 Å². The Hall–Kier alpha value is -2.10. The molecule has 0 saturated heterocycles. The van der Waals surface area contributed by atoms with E-state index in [9.17, 15) is 18.3 Å². The molecule has 0 fully saturated rings. The van der Waals surface area contributed by atoms with Crippen LogP contribution in [0.4, 0.5) is 5.82 Å². The van der Waals surface area contributed by atoms with Gasteiger partial charge in [-0.2, -0.15) is 0 Å². The largest absolute Gasteiger partial charge is 0.477 e. The molecular weight excluding hydrogens is 358 g/mol. The van der Waals surface area contributed by atoms with Crippen LogP contribution in [0.3, 0.4) is 0 Å². The number of carbonyl (C=O) groups is 1. The topological polar surface area (TPSA) is 113 Å². The van der Waals surface area contributed by atoms with Gasteiger partial charge in [-0.05, 0) is 24.3 Å². The molecule has 0 aliphatic heterocycles. The van der Waals surface area contributed by atoms with Crippen molar-refractivity contribution in [3.05, 3.63) is 34.9 Å². The molecular formula is C14H16ClN3O5S. The lowest BCUT2D eigenvalue weighted by Crippen LogP contribution is -2.28. The molecule has 1 heterocycles. The van der Waals surface area contributed by atoms with Gasteiger partial charge in [0.2, 0.25) is 10.0 Å². The number of benzene rings is 1. The van der Waals surface area contributed by atoms with Gasteiger partial charge in [0.05, 0.1) is 5.75 Å². The van der Waals surface area contributed by atoms with Gasteiger partial charge in [0.15, 0.2) is 17.1 Å². The van der Waals surface area contributed by atoms with Crippen LogP contribution >= 0.6 is 11.6 Å². The molecule has 0 amide bonds. The zero-order valence-corrected chi connectivity index (χ0v) is 14.6. The van der Waals surface area contributed by atoms with Crippen molar-refractivity contribution in [2.24, 2.45) is 0 Å². The molecule has 0 unspecified atom stereocenters. The number of aromatic nitrogens is 1. The number of carboxylic acid groups (broad SMARTS) is 1. The minimum Gasteiger partial charge on any atom is -0.477 e. The summed E-state index contributed by atoms with van der Waals surface area (Å²) >= 11 is 5.81. The normalized spacial score (nSPS) is 11.7. The molecule has 24 heavy (non-hydrogen) atoms. The van der Waals surface area contributed by atoms with Crippen LogP contribution in [0.1, 0.15) is 10.4 Å². The summed E-state index contributed by atoms with van der Waals surface area (Å²) in [5.74, 6) is -1.40. The average Bonchev–Trinajstić information content (AvgIpc) is 2.91. The zero-order valence-electron chi connectivity index (χ0n) is 13.0. The number of nitrogens with one attached hydrogen (secondary N) is 1. The van der Waals surface area contributed by atoms with Crippen molar-refractivity contribution in [3.8, 4) is 11.3 Å². The molecule has 0 radical (unpaired) electrons. The number of sulfonamides is 1. The van der Waals surface area contributed by atoms with Crippen molar-refractivity contribution >= 4 is 33.4 Å². The van der Waals surface area contributed by atoms with Crippen LogP contribution in [0, 0.1) is 0 Å². The molecule has 2 rings (SSSR count). The maximum atomic E-state index is 11.7. The Balaban J connectivity index is 2.23. The lowest BCUT2D eigenvalue weighted by atomic mass is 10.1. The summed E-state index contributed by atoms with van der Waals surface area (Å²) in [4.78, 5) is 11.5. The number of aromatic carboxylic acids is 1. The van der Waals surface area contributed by atoms with E-state index in [0.29, 0.717) is 10.6 Å². The summed E-state index contributed by atoms with van der Waals surface area (Å²) in [7, 11) is -0.554. The van der Waals surface area contributed by atoms with E-state index in [-0.39, 0.29) is 29.4 Å². The second-order valence-electron chi connectivity index (χ2n) is 5.07. The van der Waals surface area contributed by atoms with Crippen molar-refractivity contribution in [1.29, 1.82) is 0 Å². The first-order valence-electron chi connectivity index (χ1n) is 6.85. The number of nitrogens with zero attached hydrogens (tertiary/aromatic N) is 2. The zero-order chi connectivity index (χ0) is 17.9. The van der Waals surface area contributed by atoms with Gasteiger partial charge in [-0.1, -0.05) is 16.8 Å². The fourth-order valence-corrected chi connectivity index (χ4v) is 2.74. The molecule has 1 aromatic carbocycles. The van der Waals surface area contributed by atoms with Crippen molar-refractivity contribution in [2.75, 3.05) is 31.7 Å². The Bertz CT molecular complexity index is 831. The van der Waals surface area contributed by atoms with Crippen molar-refractivity contribution in [3.63, 3.8) is 0 Å². The number of halogens is 1. The monoisotopic (exact) mass is 373 g/mol. The van der Waals surface area contributed by atoms with E-state index < -0.39 is 16.0 Å². The Morgan fingerprint density at radius 2 is 1.96 bits per heavy atom. The second-order valence-corrected chi connectivity index (χ2v) is 7.81. The Morgan fingerprint density at radius 1 is 1.33 bits per heavy atom. The maximum Gasteiger partial charge on any atom is 0.343 e. The first-order valence-corrected chi connectivity index (χ1v) is 8.84. The minimum absolute atomic E-state index is 0.00656. The minimum atomic E-state index is -3.40. The predicted octanol–water partition coefficient (Wildman–Crippen LogP) is 2.00. The van der Waals surface area contributed by atoms with Gasteiger partial charge in [-0.25, -0.2) is 17.5 Å². The third kappa shape index (κ3) is 4.05. The summed E-state index contributed by atoms with van der Waals surface area (Å²) in [6.07, 6.45) is 0. The molecule has 1 aromatic heterocycles. The van der Waals surface area contributed by atoms with Gasteiger partial charge < -0.3 is 14.9 Å². The maximum absolute atomic E-state index is 11.7. The molecule has 2 aromatic rings. The SMILES string of the molecule is CN(C)S(=O)(=O)CCNc1noc(-c2ccc(Cl)cc2)c1C(=O)O. The number of carboxylic acids is 1. The van der Waals surface area contributed by atoms with Gasteiger partial charge in [-0.15, -0.1) is 0 Å². The third-order valence-corrected chi connectivity index (χ3v) is 5.31. The van der Waals surface area contributed by atoms with Crippen LogP contribution < -0.4 is 5.32 Å². The van der Waals surface area contributed by atoms with Gasteiger partial charge in [0, 0.05) is 31.2 Å². The molecule has 0 saturated carbocycles. The van der Waals surface area contributed by atoms with Crippen molar-refractivity contribution in [2.45, 2.75) is 0 Å². The molecule has 0 aliphatic rings. The predicted molar refractivity (Wildman–Crippen MR) is 89.9 cm³/mol. The van der Waals surface area contributed by atoms with Crippen LogP contribution in [0.25, 0.3) is 11.3 Å². The highest BCUT2D eigenvalue weighted by Gasteiger charge is 2.24. The van der Waals surface area contributed by atoms with Gasteiger partial charge in [0.25, 0.3) is 0 Å². The van der Waals surface area contributed by atoms with Gasteiger partial charge >= 0.3 is 5.97 Å². The Kier molecular flexibility index (Phi) is 5.47. The second kappa shape index (κ2) is 7.20. The van der Waals surface area contributed by atoms with Gasteiger partial charge in [-0.3, -0.25) is 0 Å².